The highest BCUT2D eigenvalue weighted by Gasteiger charge is 2.21. The van der Waals surface area contributed by atoms with E-state index in [0.717, 1.165) is 44.4 Å². The third-order valence-corrected chi connectivity index (χ3v) is 10.9. The third kappa shape index (κ3) is 4.47. The molecular weight excluding hydrogens is 615 g/mol. The molecule has 49 heavy (non-hydrogen) atoms. The van der Waals surface area contributed by atoms with Gasteiger partial charge in [-0.3, -0.25) is 0 Å². The van der Waals surface area contributed by atoms with Gasteiger partial charge in [0.1, 0.15) is 11.2 Å². The zero-order valence-corrected chi connectivity index (χ0v) is 27.3. The van der Waals surface area contributed by atoms with Crippen LogP contribution in [0.2, 0.25) is 0 Å². The molecule has 10 rings (SSSR count). The number of benzene rings is 8. The highest BCUT2D eigenvalue weighted by molar-refractivity contribution is 7.26. The summed E-state index contributed by atoms with van der Waals surface area (Å²) < 4.78 is 9.40. The maximum absolute atomic E-state index is 6.74. The quantitative estimate of drug-likeness (QED) is 0.186. The number of furan rings is 1. The van der Waals surface area contributed by atoms with Gasteiger partial charge < -0.3 is 9.32 Å². The predicted molar refractivity (Wildman–Crippen MR) is 210 cm³/mol. The predicted octanol–water partition coefficient (Wildman–Crippen LogP) is 13.9. The molecule has 0 aliphatic heterocycles. The summed E-state index contributed by atoms with van der Waals surface area (Å²) in [6.45, 7) is 0. The van der Waals surface area contributed by atoms with Crippen LogP contribution in [0.1, 0.15) is 0 Å². The van der Waals surface area contributed by atoms with E-state index >= 15 is 0 Å². The van der Waals surface area contributed by atoms with Crippen molar-refractivity contribution in [3.63, 3.8) is 0 Å². The fraction of sp³-hybridized carbons (Fsp3) is 0. The van der Waals surface area contributed by atoms with Gasteiger partial charge in [-0.25, -0.2) is 0 Å². The minimum Gasteiger partial charge on any atom is -0.455 e. The Hall–Kier alpha value is -6.16. The molecule has 0 N–H and O–H groups in total. The van der Waals surface area contributed by atoms with Crippen molar-refractivity contribution < 1.29 is 4.42 Å². The molecule has 2 heterocycles. The van der Waals surface area contributed by atoms with E-state index in [0.29, 0.717) is 0 Å². The maximum Gasteiger partial charge on any atom is 0.143 e. The van der Waals surface area contributed by atoms with Crippen LogP contribution in [0.5, 0.6) is 0 Å². The smallest absolute Gasteiger partial charge is 0.143 e. The minimum absolute atomic E-state index is 0.874. The van der Waals surface area contributed by atoms with E-state index in [1.165, 1.54) is 47.8 Å². The first kappa shape index (κ1) is 27.9. The lowest BCUT2D eigenvalue weighted by Gasteiger charge is -2.26. The Labute approximate surface area is 287 Å². The standard InChI is InChI=1S/C46H29NOS/c1-3-13-32(14-4-1)47(33-15-5-2-6-16-33)41-22-12-23-42-44(41)40-29-39(35-17-7-8-19-37(35)45(40)48-42)31-27-25-30(26-28-31)34-20-11-21-38-36-18-9-10-24-43(36)49-46(34)38/h1-29H. The minimum atomic E-state index is 0.874. The van der Waals surface area contributed by atoms with Crippen molar-refractivity contribution in [3.8, 4) is 22.3 Å². The molecule has 0 amide bonds. The molecule has 2 nitrogen and oxygen atoms in total. The summed E-state index contributed by atoms with van der Waals surface area (Å²) >= 11 is 1.87. The van der Waals surface area contributed by atoms with Gasteiger partial charge in [0.2, 0.25) is 0 Å². The van der Waals surface area contributed by atoms with Gasteiger partial charge in [0.15, 0.2) is 0 Å². The first-order valence-electron chi connectivity index (χ1n) is 16.6. The third-order valence-electron chi connectivity index (χ3n) is 9.66. The summed E-state index contributed by atoms with van der Waals surface area (Å²) in [6, 6.07) is 63.0. The van der Waals surface area contributed by atoms with E-state index < -0.39 is 0 Å². The van der Waals surface area contributed by atoms with Crippen LogP contribution in [-0.2, 0) is 0 Å². The zero-order valence-electron chi connectivity index (χ0n) is 26.5. The number of anilines is 3. The van der Waals surface area contributed by atoms with Crippen LogP contribution in [-0.4, -0.2) is 0 Å². The largest absolute Gasteiger partial charge is 0.455 e. The number of rotatable bonds is 5. The Morgan fingerprint density at radius 2 is 1.02 bits per heavy atom. The summed E-state index contributed by atoms with van der Waals surface area (Å²) in [5, 5.41) is 7.15. The van der Waals surface area contributed by atoms with Crippen molar-refractivity contribution in [1.29, 1.82) is 0 Å². The van der Waals surface area contributed by atoms with Crippen molar-refractivity contribution >= 4 is 81.3 Å². The number of hydrogen-bond acceptors (Lipinski definition) is 3. The Morgan fingerprint density at radius 3 is 1.76 bits per heavy atom. The van der Waals surface area contributed by atoms with Crippen LogP contribution < -0.4 is 4.90 Å². The Morgan fingerprint density at radius 1 is 0.429 bits per heavy atom. The SMILES string of the molecule is c1ccc(N(c2ccccc2)c2cccc3oc4c5ccccc5c(-c5ccc(-c6cccc7c6sc6ccccc67)cc5)cc4c23)cc1. The van der Waals surface area contributed by atoms with E-state index in [1.807, 2.05) is 11.3 Å². The van der Waals surface area contributed by atoms with Gasteiger partial charge in [0, 0.05) is 42.3 Å². The summed E-state index contributed by atoms with van der Waals surface area (Å²) in [5.74, 6) is 0. The molecule has 0 aliphatic rings. The number of hydrogen-bond donors (Lipinski definition) is 0. The monoisotopic (exact) mass is 643 g/mol. The van der Waals surface area contributed by atoms with Crippen LogP contribution in [0.25, 0.3) is 75.1 Å². The van der Waals surface area contributed by atoms with Gasteiger partial charge in [-0.1, -0.05) is 127 Å². The molecule has 0 saturated carbocycles. The molecule has 0 unspecified atom stereocenters. The Bertz CT molecular complexity index is 2770. The maximum atomic E-state index is 6.74. The molecule has 0 fully saturated rings. The van der Waals surface area contributed by atoms with Gasteiger partial charge in [-0.15, -0.1) is 11.3 Å². The average molecular weight is 644 g/mol. The van der Waals surface area contributed by atoms with E-state index in [-0.39, 0.29) is 0 Å². The highest BCUT2D eigenvalue weighted by atomic mass is 32.1. The fourth-order valence-corrected chi connectivity index (χ4v) is 8.68. The lowest BCUT2D eigenvalue weighted by Crippen LogP contribution is -2.09. The van der Waals surface area contributed by atoms with Crippen molar-refractivity contribution in [1.82, 2.24) is 0 Å². The number of nitrogens with zero attached hydrogens (tertiary/aromatic N) is 1. The van der Waals surface area contributed by atoms with Crippen molar-refractivity contribution in [2.24, 2.45) is 0 Å². The number of fused-ring (bicyclic) bond motifs is 8. The molecule has 230 valence electrons. The Kier molecular flexibility index (Phi) is 6.39. The van der Waals surface area contributed by atoms with Crippen molar-refractivity contribution in [2.45, 2.75) is 0 Å². The lowest BCUT2D eigenvalue weighted by atomic mass is 9.93. The van der Waals surface area contributed by atoms with E-state index in [2.05, 4.69) is 181 Å². The van der Waals surface area contributed by atoms with E-state index in [4.69, 9.17) is 4.42 Å². The highest BCUT2D eigenvalue weighted by Crippen LogP contribution is 2.46. The van der Waals surface area contributed by atoms with Crippen LogP contribution in [0.4, 0.5) is 17.1 Å². The topological polar surface area (TPSA) is 16.4 Å². The first-order valence-corrected chi connectivity index (χ1v) is 17.4. The number of para-hydroxylation sites is 2. The van der Waals surface area contributed by atoms with E-state index in [9.17, 15) is 0 Å². The van der Waals surface area contributed by atoms with Crippen LogP contribution >= 0.6 is 11.3 Å². The first-order chi connectivity index (χ1) is 24.3. The zero-order chi connectivity index (χ0) is 32.3. The summed E-state index contributed by atoms with van der Waals surface area (Å²) in [4.78, 5) is 2.33. The summed E-state index contributed by atoms with van der Waals surface area (Å²) in [6.07, 6.45) is 0. The second-order valence-electron chi connectivity index (χ2n) is 12.5. The molecule has 0 radical (unpaired) electrons. The molecule has 10 aromatic rings. The van der Waals surface area contributed by atoms with Gasteiger partial charge in [-0.2, -0.15) is 0 Å². The molecule has 0 bridgehead atoms. The molecule has 0 atom stereocenters. The summed E-state index contributed by atoms with van der Waals surface area (Å²) in [7, 11) is 0. The van der Waals surface area contributed by atoms with Crippen molar-refractivity contribution in [3.05, 3.63) is 176 Å². The molecule has 8 aromatic carbocycles. The number of thiophene rings is 1. The lowest BCUT2D eigenvalue weighted by molar-refractivity contribution is 0.672. The molecule has 0 spiro atoms. The second kappa shape index (κ2) is 11.2. The molecular formula is C46H29NOS. The van der Waals surface area contributed by atoms with Crippen LogP contribution in [0, 0.1) is 0 Å². The van der Waals surface area contributed by atoms with Gasteiger partial charge >= 0.3 is 0 Å². The van der Waals surface area contributed by atoms with Gasteiger partial charge in [0.25, 0.3) is 0 Å². The fourth-order valence-electron chi connectivity index (χ4n) is 7.44. The molecule has 3 heteroatoms. The normalized spacial score (nSPS) is 11.7. The molecule has 2 aromatic heterocycles. The average Bonchev–Trinajstić information content (AvgIpc) is 3.75. The Balaban J connectivity index is 1.18. The van der Waals surface area contributed by atoms with Crippen LogP contribution in [0.15, 0.2) is 180 Å². The van der Waals surface area contributed by atoms with Gasteiger partial charge in [-0.05, 0) is 76.2 Å². The summed E-state index contributed by atoms with van der Waals surface area (Å²) in [5.41, 5.74) is 9.94. The van der Waals surface area contributed by atoms with Gasteiger partial charge in [0.05, 0.1) is 11.1 Å². The molecule has 0 aliphatic carbocycles. The molecule has 0 saturated heterocycles. The van der Waals surface area contributed by atoms with Crippen LogP contribution in [0.3, 0.4) is 0 Å². The second-order valence-corrected chi connectivity index (χ2v) is 13.5. The van der Waals surface area contributed by atoms with E-state index in [1.54, 1.807) is 0 Å². The van der Waals surface area contributed by atoms with Crippen molar-refractivity contribution in [2.75, 3.05) is 4.90 Å².